The SMILES string of the molecule is C[C@H]1CCCCN1CC(=O)N[C@@H](c1ccccc1)c1ccc(OC(F)F)cc1. The Morgan fingerprint density at radius 3 is 2.43 bits per heavy atom. The summed E-state index contributed by atoms with van der Waals surface area (Å²) in [6, 6.07) is 16.1. The number of alkyl halides is 2. The third-order valence-electron chi connectivity index (χ3n) is 5.16. The fourth-order valence-corrected chi connectivity index (χ4v) is 3.63. The van der Waals surface area contributed by atoms with Gasteiger partial charge in [0.15, 0.2) is 0 Å². The average molecular weight is 388 g/mol. The minimum Gasteiger partial charge on any atom is -0.435 e. The Labute approximate surface area is 164 Å². The van der Waals surface area contributed by atoms with E-state index in [0.717, 1.165) is 30.5 Å². The van der Waals surface area contributed by atoms with Crippen molar-refractivity contribution in [3.05, 3.63) is 65.7 Å². The topological polar surface area (TPSA) is 41.6 Å². The number of hydrogen-bond donors (Lipinski definition) is 1. The van der Waals surface area contributed by atoms with E-state index in [1.807, 2.05) is 30.3 Å². The second-order valence-corrected chi connectivity index (χ2v) is 7.17. The summed E-state index contributed by atoms with van der Waals surface area (Å²) < 4.78 is 29.2. The first-order valence-electron chi connectivity index (χ1n) is 9.66. The molecule has 1 aliphatic rings. The molecule has 1 heterocycles. The predicted octanol–water partition coefficient (Wildman–Crippen LogP) is 4.37. The van der Waals surface area contributed by atoms with Gasteiger partial charge in [-0.3, -0.25) is 9.69 Å². The minimum absolute atomic E-state index is 0.0458. The fourth-order valence-electron chi connectivity index (χ4n) is 3.63. The van der Waals surface area contributed by atoms with Crippen molar-refractivity contribution in [2.24, 2.45) is 0 Å². The number of hydrogen-bond acceptors (Lipinski definition) is 3. The van der Waals surface area contributed by atoms with E-state index in [0.29, 0.717) is 12.6 Å². The number of carbonyl (C=O) groups excluding carboxylic acids is 1. The molecule has 150 valence electrons. The second kappa shape index (κ2) is 9.64. The molecule has 0 aromatic heterocycles. The van der Waals surface area contributed by atoms with Crippen LogP contribution in [-0.2, 0) is 4.79 Å². The molecule has 1 saturated heterocycles. The van der Waals surface area contributed by atoms with Gasteiger partial charge in [-0.05, 0) is 49.6 Å². The van der Waals surface area contributed by atoms with E-state index in [2.05, 4.69) is 21.9 Å². The Hall–Kier alpha value is -2.47. The molecule has 28 heavy (non-hydrogen) atoms. The van der Waals surface area contributed by atoms with Crippen LogP contribution < -0.4 is 10.1 Å². The van der Waals surface area contributed by atoms with E-state index in [4.69, 9.17) is 0 Å². The smallest absolute Gasteiger partial charge is 0.387 e. The largest absolute Gasteiger partial charge is 0.435 e. The molecule has 0 saturated carbocycles. The number of likely N-dealkylation sites (tertiary alicyclic amines) is 1. The summed E-state index contributed by atoms with van der Waals surface area (Å²) in [6.45, 7) is 0.589. The molecule has 1 amide bonds. The van der Waals surface area contributed by atoms with Gasteiger partial charge in [0.1, 0.15) is 5.75 Å². The van der Waals surface area contributed by atoms with Gasteiger partial charge < -0.3 is 10.1 Å². The van der Waals surface area contributed by atoms with Crippen LogP contribution in [0.5, 0.6) is 5.75 Å². The summed E-state index contributed by atoms with van der Waals surface area (Å²) in [4.78, 5) is 15.0. The minimum atomic E-state index is -2.86. The van der Waals surface area contributed by atoms with Crippen molar-refractivity contribution < 1.29 is 18.3 Å². The number of halogens is 2. The van der Waals surface area contributed by atoms with Crippen LogP contribution >= 0.6 is 0 Å². The van der Waals surface area contributed by atoms with Crippen molar-refractivity contribution in [2.45, 2.75) is 44.9 Å². The molecule has 2 aromatic rings. The van der Waals surface area contributed by atoms with Crippen molar-refractivity contribution in [3.8, 4) is 5.75 Å². The highest BCUT2D eigenvalue weighted by atomic mass is 19.3. The first-order chi connectivity index (χ1) is 13.5. The number of nitrogens with one attached hydrogen (secondary N) is 1. The van der Waals surface area contributed by atoms with Gasteiger partial charge in [0.25, 0.3) is 0 Å². The molecule has 1 N–H and O–H groups in total. The number of piperidine rings is 1. The number of nitrogens with zero attached hydrogens (tertiary/aromatic N) is 1. The normalized spacial score (nSPS) is 18.6. The molecule has 4 nitrogen and oxygen atoms in total. The molecule has 6 heteroatoms. The molecule has 2 aromatic carbocycles. The third-order valence-corrected chi connectivity index (χ3v) is 5.16. The van der Waals surface area contributed by atoms with E-state index in [1.54, 1.807) is 12.1 Å². The summed E-state index contributed by atoms with van der Waals surface area (Å²) in [5.74, 6) is 0.0505. The Morgan fingerprint density at radius 1 is 1.11 bits per heavy atom. The summed E-state index contributed by atoms with van der Waals surface area (Å²) >= 11 is 0. The van der Waals surface area contributed by atoms with Crippen LogP contribution in [0.4, 0.5) is 8.78 Å². The van der Waals surface area contributed by atoms with Crippen LogP contribution in [0, 0.1) is 0 Å². The van der Waals surface area contributed by atoms with E-state index in [9.17, 15) is 13.6 Å². The van der Waals surface area contributed by atoms with Gasteiger partial charge in [-0.2, -0.15) is 8.78 Å². The molecule has 0 aliphatic carbocycles. The zero-order chi connectivity index (χ0) is 19.9. The molecule has 1 fully saturated rings. The standard InChI is InChI=1S/C22H26F2N2O2/c1-16-7-5-6-14-26(16)15-20(27)25-21(17-8-3-2-4-9-17)18-10-12-19(13-11-18)28-22(23)24/h2-4,8-13,16,21-22H,5-7,14-15H2,1H3,(H,25,27)/t16-,21-/m0/s1. The molecule has 0 bridgehead atoms. The van der Waals surface area contributed by atoms with Crippen LogP contribution in [0.15, 0.2) is 54.6 Å². The van der Waals surface area contributed by atoms with Crippen molar-refractivity contribution in [1.82, 2.24) is 10.2 Å². The van der Waals surface area contributed by atoms with Gasteiger partial charge in [0.05, 0.1) is 12.6 Å². The van der Waals surface area contributed by atoms with E-state index in [-0.39, 0.29) is 17.7 Å². The monoisotopic (exact) mass is 388 g/mol. The Kier molecular flexibility index (Phi) is 6.98. The lowest BCUT2D eigenvalue weighted by molar-refractivity contribution is -0.123. The van der Waals surface area contributed by atoms with Gasteiger partial charge in [-0.1, -0.05) is 48.9 Å². The van der Waals surface area contributed by atoms with Gasteiger partial charge in [0, 0.05) is 6.04 Å². The summed E-state index contributed by atoms with van der Waals surface area (Å²) in [5, 5.41) is 3.11. The molecule has 0 spiro atoms. The van der Waals surface area contributed by atoms with Crippen molar-refractivity contribution in [2.75, 3.05) is 13.1 Å². The van der Waals surface area contributed by atoms with Crippen molar-refractivity contribution >= 4 is 5.91 Å². The number of carbonyl (C=O) groups is 1. The van der Waals surface area contributed by atoms with Crippen molar-refractivity contribution in [3.63, 3.8) is 0 Å². The van der Waals surface area contributed by atoms with E-state index < -0.39 is 6.61 Å². The summed E-state index contributed by atoms with van der Waals surface area (Å²) in [6.07, 6.45) is 3.44. The summed E-state index contributed by atoms with van der Waals surface area (Å²) in [7, 11) is 0. The molecule has 2 atom stereocenters. The highest BCUT2D eigenvalue weighted by Gasteiger charge is 2.23. The molecular formula is C22H26F2N2O2. The Bertz CT molecular complexity index is 753. The Morgan fingerprint density at radius 2 is 1.79 bits per heavy atom. The first-order valence-corrected chi connectivity index (χ1v) is 9.66. The molecule has 0 unspecified atom stereocenters. The molecule has 1 aliphatic heterocycles. The van der Waals surface area contributed by atoms with Crippen LogP contribution in [0.25, 0.3) is 0 Å². The molecular weight excluding hydrogens is 362 g/mol. The molecule has 3 rings (SSSR count). The highest BCUT2D eigenvalue weighted by Crippen LogP contribution is 2.25. The van der Waals surface area contributed by atoms with Crippen LogP contribution in [0.2, 0.25) is 0 Å². The third kappa shape index (κ3) is 5.52. The average Bonchev–Trinajstić information content (AvgIpc) is 2.69. The highest BCUT2D eigenvalue weighted by molar-refractivity contribution is 5.79. The van der Waals surface area contributed by atoms with Gasteiger partial charge in [-0.15, -0.1) is 0 Å². The number of rotatable bonds is 7. The Balaban J connectivity index is 1.75. The van der Waals surface area contributed by atoms with Crippen LogP contribution in [0.1, 0.15) is 43.4 Å². The lowest BCUT2D eigenvalue weighted by atomic mass is 9.98. The maximum atomic E-state index is 12.7. The lowest BCUT2D eigenvalue weighted by Crippen LogP contribution is -2.45. The zero-order valence-corrected chi connectivity index (χ0v) is 16.0. The molecule has 0 radical (unpaired) electrons. The maximum Gasteiger partial charge on any atom is 0.387 e. The van der Waals surface area contributed by atoms with Crippen molar-refractivity contribution in [1.29, 1.82) is 0 Å². The lowest BCUT2D eigenvalue weighted by Gasteiger charge is -2.33. The van der Waals surface area contributed by atoms with Gasteiger partial charge in [0.2, 0.25) is 5.91 Å². The second-order valence-electron chi connectivity index (χ2n) is 7.17. The first kappa shape index (κ1) is 20.3. The summed E-state index contributed by atoms with van der Waals surface area (Å²) in [5.41, 5.74) is 1.75. The zero-order valence-electron chi connectivity index (χ0n) is 16.0. The quantitative estimate of drug-likeness (QED) is 0.766. The number of benzene rings is 2. The van der Waals surface area contributed by atoms with Gasteiger partial charge in [-0.25, -0.2) is 0 Å². The predicted molar refractivity (Wildman–Crippen MR) is 104 cm³/mol. The van der Waals surface area contributed by atoms with Crippen LogP contribution in [0.3, 0.4) is 0 Å². The number of ether oxygens (including phenoxy) is 1. The number of amides is 1. The van der Waals surface area contributed by atoms with E-state index >= 15 is 0 Å². The van der Waals surface area contributed by atoms with E-state index in [1.165, 1.54) is 18.6 Å². The van der Waals surface area contributed by atoms with Gasteiger partial charge >= 0.3 is 6.61 Å². The van der Waals surface area contributed by atoms with Crippen LogP contribution in [-0.4, -0.2) is 36.5 Å². The maximum absolute atomic E-state index is 12.7. The fraction of sp³-hybridized carbons (Fsp3) is 0.409.